The zero-order valence-electron chi connectivity index (χ0n) is 10.3. The summed E-state index contributed by atoms with van der Waals surface area (Å²) < 4.78 is 0. The molecule has 1 heterocycles. The number of nitrogen functional groups attached to an aromatic ring is 1. The van der Waals surface area contributed by atoms with Crippen molar-refractivity contribution in [2.24, 2.45) is 5.84 Å². The molecule has 1 aliphatic rings. The number of anilines is 2. The maximum absolute atomic E-state index is 5.41. The van der Waals surface area contributed by atoms with Gasteiger partial charge < -0.3 is 10.7 Å². The summed E-state index contributed by atoms with van der Waals surface area (Å²) in [4.78, 5) is 8.70. The number of aromatic nitrogens is 2. The van der Waals surface area contributed by atoms with Crippen molar-refractivity contribution < 1.29 is 0 Å². The molecule has 94 valence electrons. The third-order valence-corrected chi connectivity index (χ3v) is 3.72. The van der Waals surface area contributed by atoms with E-state index in [4.69, 9.17) is 5.84 Å². The summed E-state index contributed by atoms with van der Waals surface area (Å²) in [5, 5.41) is 4.23. The maximum atomic E-state index is 5.41. The highest BCUT2D eigenvalue weighted by atomic mass is 32.2. The zero-order chi connectivity index (χ0) is 12.3. The Morgan fingerprint density at radius 1 is 1.29 bits per heavy atom. The first-order valence-corrected chi connectivity index (χ1v) is 7.05. The van der Waals surface area contributed by atoms with Crippen LogP contribution in [0.1, 0.15) is 32.6 Å². The van der Waals surface area contributed by atoms with Gasteiger partial charge in [0.2, 0.25) is 0 Å². The van der Waals surface area contributed by atoms with Crippen LogP contribution in [0.15, 0.2) is 11.2 Å². The normalized spacial score (nSPS) is 18.1. The number of nitrogens with zero attached hydrogens (tertiary/aromatic N) is 2. The van der Waals surface area contributed by atoms with E-state index in [-0.39, 0.29) is 5.54 Å². The van der Waals surface area contributed by atoms with Gasteiger partial charge in [-0.05, 0) is 26.0 Å². The van der Waals surface area contributed by atoms with Gasteiger partial charge in [-0.1, -0.05) is 24.6 Å². The Bertz CT molecular complexity index is 367. The molecule has 0 spiro atoms. The van der Waals surface area contributed by atoms with Crippen LogP contribution < -0.4 is 16.6 Å². The summed E-state index contributed by atoms with van der Waals surface area (Å²) in [7, 11) is 0. The van der Waals surface area contributed by atoms with Gasteiger partial charge in [-0.2, -0.15) is 0 Å². The summed E-state index contributed by atoms with van der Waals surface area (Å²) in [6, 6.07) is 1.85. The van der Waals surface area contributed by atoms with E-state index in [0.29, 0.717) is 5.82 Å². The SMILES string of the molecule is CSc1nc(NN)cc(NC2(C)CCCC2)n1. The molecule has 0 aliphatic heterocycles. The molecule has 2 rings (SSSR count). The minimum Gasteiger partial charge on any atom is -0.365 e. The first-order valence-electron chi connectivity index (χ1n) is 5.83. The lowest BCUT2D eigenvalue weighted by Crippen LogP contribution is -2.31. The van der Waals surface area contributed by atoms with Crippen molar-refractivity contribution in [3.63, 3.8) is 0 Å². The van der Waals surface area contributed by atoms with Crippen LogP contribution in [0, 0.1) is 0 Å². The van der Waals surface area contributed by atoms with Crippen LogP contribution in [-0.2, 0) is 0 Å². The number of thioether (sulfide) groups is 1. The summed E-state index contributed by atoms with van der Waals surface area (Å²) >= 11 is 1.51. The Morgan fingerprint density at radius 3 is 2.53 bits per heavy atom. The molecule has 6 heteroatoms. The first kappa shape index (κ1) is 12.4. The lowest BCUT2D eigenvalue weighted by molar-refractivity contribution is 0.530. The Morgan fingerprint density at radius 2 is 1.94 bits per heavy atom. The second-order valence-corrected chi connectivity index (χ2v) is 5.44. The van der Waals surface area contributed by atoms with Crippen molar-refractivity contribution in [3.8, 4) is 0 Å². The van der Waals surface area contributed by atoms with Gasteiger partial charge in [0.05, 0.1) is 0 Å². The van der Waals surface area contributed by atoms with Gasteiger partial charge in [-0.25, -0.2) is 15.8 Å². The van der Waals surface area contributed by atoms with Crippen LogP contribution >= 0.6 is 11.8 Å². The summed E-state index contributed by atoms with van der Waals surface area (Å²) in [6.07, 6.45) is 6.91. The molecule has 0 aromatic carbocycles. The fourth-order valence-corrected chi connectivity index (χ4v) is 2.62. The highest BCUT2D eigenvalue weighted by molar-refractivity contribution is 7.98. The van der Waals surface area contributed by atoms with E-state index in [1.165, 1.54) is 37.4 Å². The molecule has 4 N–H and O–H groups in total. The molecule has 0 amide bonds. The third kappa shape index (κ3) is 3.01. The molecule has 0 bridgehead atoms. The van der Waals surface area contributed by atoms with Crippen LogP contribution in [0.25, 0.3) is 0 Å². The van der Waals surface area contributed by atoms with E-state index in [2.05, 4.69) is 27.6 Å². The average molecular weight is 253 g/mol. The molecular weight excluding hydrogens is 234 g/mol. The van der Waals surface area contributed by atoms with Crippen molar-refractivity contribution in [2.75, 3.05) is 17.0 Å². The van der Waals surface area contributed by atoms with Gasteiger partial charge in [-0.15, -0.1) is 0 Å². The first-order chi connectivity index (χ1) is 8.15. The van der Waals surface area contributed by atoms with E-state index in [9.17, 15) is 0 Å². The van der Waals surface area contributed by atoms with Crippen molar-refractivity contribution in [1.82, 2.24) is 9.97 Å². The number of nitrogens with one attached hydrogen (secondary N) is 2. The molecule has 0 saturated heterocycles. The highest BCUT2D eigenvalue weighted by Gasteiger charge is 2.28. The molecule has 17 heavy (non-hydrogen) atoms. The number of hydrogen-bond acceptors (Lipinski definition) is 6. The Hall–Kier alpha value is -1.01. The minimum absolute atomic E-state index is 0.163. The summed E-state index contributed by atoms with van der Waals surface area (Å²) in [5.74, 6) is 6.90. The topological polar surface area (TPSA) is 75.9 Å². The number of hydrazine groups is 1. The Balaban J connectivity index is 2.19. The minimum atomic E-state index is 0.163. The molecular formula is C11H19N5S. The van der Waals surface area contributed by atoms with Crippen LogP contribution in [0.3, 0.4) is 0 Å². The van der Waals surface area contributed by atoms with Crippen LogP contribution in [0.4, 0.5) is 11.6 Å². The van der Waals surface area contributed by atoms with Crippen molar-refractivity contribution >= 4 is 23.4 Å². The van der Waals surface area contributed by atoms with Crippen molar-refractivity contribution in [2.45, 2.75) is 43.3 Å². The van der Waals surface area contributed by atoms with E-state index in [1.54, 1.807) is 0 Å². The van der Waals surface area contributed by atoms with Gasteiger partial charge in [0.15, 0.2) is 5.16 Å². The zero-order valence-corrected chi connectivity index (χ0v) is 11.1. The Labute approximate surface area is 106 Å². The van der Waals surface area contributed by atoms with Crippen molar-refractivity contribution in [1.29, 1.82) is 0 Å². The quantitative estimate of drug-likeness (QED) is 0.331. The summed E-state index contributed by atoms with van der Waals surface area (Å²) in [6.45, 7) is 2.25. The van der Waals surface area contributed by atoms with Gasteiger partial charge in [-0.3, -0.25) is 0 Å². The summed E-state index contributed by atoms with van der Waals surface area (Å²) in [5.41, 5.74) is 2.74. The highest BCUT2D eigenvalue weighted by Crippen LogP contribution is 2.32. The Kier molecular flexibility index (Phi) is 3.73. The molecule has 1 aromatic heterocycles. The van der Waals surface area contributed by atoms with Gasteiger partial charge >= 0.3 is 0 Å². The van der Waals surface area contributed by atoms with E-state index < -0.39 is 0 Å². The number of nitrogens with two attached hydrogens (primary N) is 1. The molecule has 1 fully saturated rings. The van der Waals surface area contributed by atoms with Crippen LogP contribution in [0.5, 0.6) is 0 Å². The molecule has 0 radical (unpaired) electrons. The largest absolute Gasteiger partial charge is 0.365 e. The maximum Gasteiger partial charge on any atom is 0.191 e. The van der Waals surface area contributed by atoms with Crippen molar-refractivity contribution in [3.05, 3.63) is 6.07 Å². The standard InChI is InChI=1S/C11H19N5S/c1-11(5-3-4-6-11)15-8-7-9(16-12)14-10(13-8)17-2/h7H,3-6,12H2,1-2H3,(H2,13,14,15,16). The van der Waals surface area contributed by atoms with Gasteiger partial charge in [0.25, 0.3) is 0 Å². The second-order valence-electron chi connectivity index (χ2n) is 4.66. The number of hydrogen-bond donors (Lipinski definition) is 3. The molecule has 0 atom stereocenters. The smallest absolute Gasteiger partial charge is 0.191 e. The van der Waals surface area contributed by atoms with Crippen LogP contribution in [0.2, 0.25) is 0 Å². The van der Waals surface area contributed by atoms with Crippen LogP contribution in [-0.4, -0.2) is 21.8 Å². The van der Waals surface area contributed by atoms with E-state index in [1.807, 2.05) is 12.3 Å². The number of rotatable bonds is 4. The third-order valence-electron chi connectivity index (χ3n) is 3.17. The fraction of sp³-hybridized carbons (Fsp3) is 0.636. The lowest BCUT2D eigenvalue weighted by atomic mass is 10.0. The average Bonchev–Trinajstić information content (AvgIpc) is 2.75. The molecule has 1 aliphatic carbocycles. The van der Waals surface area contributed by atoms with E-state index >= 15 is 0 Å². The molecule has 5 nitrogen and oxygen atoms in total. The molecule has 0 unspecified atom stereocenters. The van der Waals surface area contributed by atoms with E-state index in [0.717, 1.165) is 11.0 Å². The predicted octanol–water partition coefficient (Wildman–Crippen LogP) is 2.23. The van der Waals surface area contributed by atoms with Gasteiger partial charge in [0, 0.05) is 11.6 Å². The molecule has 1 saturated carbocycles. The second kappa shape index (κ2) is 5.10. The fourth-order valence-electron chi connectivity index (χ4n) is 2.24. The van der Waals surface area contributed by atoms with Gasteiger partial charge in [0.1, 0.15) is 11.6 Å². The lowest BCUT2D eigenvalue weighted by Gasteiger charge is -2.26. The monoisotopic (exact) mass is 253 g/mol. The predicted molar refractivity (Wildman–Crippen MR) is 72.1 cm³/mol. The molecule has 1 aromatic rings.